The number of thiocarbonyl (C=S) groups is 1. The quantitative estimate of drug-likeness (QED) is 0.229. The molecule has 3 aromatic carbocycles. The van der Waals surface area contributed by atoms with Gasteiger partial charge in [0.05, 0.1) is 4.92 Å². The van der Waals surface area contributed by atoms with Crippen LogP contribution < -0.4 is 10.6 Å². The van der Waals surface area contributed by atoms with Crippen LogP contribution in [0, 0.1) is 10.1 Å². The molecule has 3 N–H and O–H groups in total. The molecule has 0 unspecified atom stereocenters. The van der Waals surface area contributed by atoms with E-state index >= 15 is 0 Å². The molecule has 0 fully saturated rings. The zero-order valence-corrected chi connectivity index (χ0v) is 16.9. The van der Waals surface area contributed by atoms with Gasteiger partial charge in [-0.25, -0.2) is 0 Å². The summed E-state index contributed by atoms with van der Waals surface area (Å²) in [5, 5.41) is 18.8. The fourth-order valence-corrected chi connectivity index (χ4v) is 3.71. The summed E-state index contributed by atoms with van der Waals surface area (Å²) < 4.78 is 0. The van der Waals surface area contributed by atoms with Crippen LogP contribution in [0.4, 0.5) is 11.4 Å². The lowest BCUT2D eigenvalue weighted by molar-refractivity contribution is -0.384. The molecule has 0 saturated heterocycles. The van der Waals surface area contributed by atoms with Crippen molar-refractivity contribution in [3.63, 3.8) is 0 Å². The largest absolute Gasteiger partial charge is 0.361 e. The van der Waals surface area contributed by atoms with E-state index in [4.69, 9.17) is 12.2 Å². The second kappa shape index (κ2) is 8.75. The number of H-pyrrole nitrogens is 1. The predicted octanol–water partition coefficient (Wildman–Crippen LogP) is 5.19. The third-order valence-electron chi connectivity index (χ3n) is 5.00. The molecule has 1 heterocycles. The summed E-state index contributed by atoms with van der Waals surface area (Å²) in [5.74, 6) is 0.0963. The lowest BCUT2D eigenvalue weighted by atomic mass is 9.91. The molecule has 0 aliphatic rings. The van der Waals surface area contributed by atoms with E-state index in [1.807, 2.05) is 30.3 Å². The van der Waals surface area contributed by atoms with Crippen molar-refractivity contribution in [1.82, 2.24) is 10.3 Å². The second-order valence-corrected chi connectivity index (χ2v) is 7.30. The van der Waals surface area contributed by atoms with Crippen molar-refractivity contribution < 1.29 is 4.92 Å². The second-order valence-electron chi connectivity index (χ2n) is 6.89. The van der Waals surface area contributed by atoms with Gasteiger partial charge in [0.15, 0.2) is 5.11 Å². The fourth-order valence-electron chi connectivity index (χ4n) is 3.51. The number of hydrogen-bond acceptors (Lipinski definition) is 3. The number of nitrogens with one attached hydrogen (secondary N) is 3. The van der Waals surface area contributed by atoms with Crippen molar-refractivity contribution in [2.75, 3.05) is 11.9 Å². The number of rotatable bonds is 6. The molecule has 0 spiro atoms. The number of para-hydroxylation sites is 1. The molecule has 4 aromatic rings. The maximum atomic E-state index is 10.8. The molecule has 6 nitrogen and oxygen atoms in total. The Morgan fingerprint density at radius 1 is 1.00 bits per heavy atom. The Balaban J connectivity index is 1.51. The first-order chi connectivity index (χ1) is 14.6. The molecular formula is C23H20N4O2S. The topological polar surface area (TPSA) is 83.0 Å². The van der Waals surface area contributed by atoms with Gasteiger partial charge in [0.1, 0.15) is 0 Å². The van der Waals surface area contributed by atoms with Crippen LogP contribution in [-0.4, -0.2) is 21.6 Å². The first-order valence-corrected chi connectivity index (χ1v) is 9.93. The highest BCUT2D eigenvalue weighted by atomic mass is 32.1. The Bertz CT molecular complexity index is 1170. The van der Waals surface area contributed by atoms with Gasteiger partial charge in [-0.3, -0.25) is 10.1 Å². The molecule has 150 valence electrons. The van der Waals surface area contributed by atoms with Crippen molar-refractivity contribution in [3.8, 4) is 0 Å². The van der Waals surface area contributed by atoms with E-state index in [2.05, 4.69) is 46.1 Å². The molecule has 4 rings (SSSR count). The maximum Gasteiger partial charge on any atom is 0.269 e. The number of aromatic amines is 1. The van der Waals surface area contributed by atoms with Gasteiger partial charge in [0.2, 0.25) is 0 Å². The van der Waals surface area contributed by atoms with Crippen LogP contribution in [-0.2, 0) is 0 Å². The van der Waals surface area contributed by atoms with Crippen LogP contribution in [0.3, 0.4) is 0 Å². The zero-order chi connectivity index (χ0) is 20.9. The van der Waals surface area contributed by atoms with Crippen LogP contribution in [0.5, 0.6) is 0 Å². The first-order valence-electron chi connectivity index (χ1n) is 9.52. The van der Waals surface area contributed by atoms with E-state index in [0.717, 1.165) is 5.52 Å². The summed E-state index contributed by atoms with van der Waals surface area (Å²) in [6.45, 7) is 0.602. The van der Waals surface area contributed by atoms with Crippen LogP contribution in [0.15, 0.2) is 85.1 Å². The van der Waals surface area contributed by atoms with Gasteiger partial charge < -0.3 is 15.6 Å². The minimum absolute atomic E-state index is 0.0444. The van der Waals surface area contributed by atoms with Crippen molar-refractivity contribution in [2.24, 2.45) is 0 Å². The molecule has 0 saturated carbocycles. The normalized spacial score (nSPS) is 11.7. The van der Waals surface area contributed by atoms with Crippen LogP contribution in [0.1, 0.15) is 17.0 Å². The van der Waals surface area contributed by atoms with Gasteiger partial charge in [-0.15, -0.1) is 0 Å². The van der Waals surface area contributed by atoms with Crippen molar-refractivity contribution >= 4 is 39.6 Å². The van der Waals surface area contributed by atoms with Crippen molar-refractivity contribution in [3.05, 3.63) is 106 Å². The molecule has 0 aliphatic heterocycles. The third kappa shape index (κ3) is 4.31. The summed E-state index contributed by atoms with van der Waals surface area (Å²) >= 11 is 5.45. The highest BCUT2D eigenvalue weighted by Gasteiger charge is 2.18. The Hall–Kier alpha value is -3.71. The molecule has 1 aromatic heterocycles. The summed E-state index contributed by atoms with van der Waals surface area (Å²) in [6.07, 6.45) is 2.05. The van der Waals surface area contributed by atoms with Gasteiger partial charge in [0, 0.05) is 47.4 Å². The number of hydrogen-bond donors (Lipinski definition) is 3. The first kappa shape index (κ1) is 19.6. The van der Waals surface area contributed by atoms with Gasteiger partial charge in [-0.2, -0.15) is 0 Å². The predicted molar refractivity (Wildman–Crippen MR) is 124 cm³/mol. The number of aromatic nitrogens is 1. The summed E-state index contributed by atoms with van der Waals surface area (Å²) in [4.78, 5) is 13.7. The van der Waals surface area contributed by atoms with E-state index in [9.17, 15) is 10.1 Å². The van der Waals surface area contributed by atoms with Crippen molar-refractivity contribution in [1.29, 1.82) is 0 Å². The van der Waals surface area contributed by atoms with Crippen molar-refractivity contribution in [2.45, 2.75) is 5.92 Å². The van der Waals surface area contributed by atoms with Gasteiger partial charge in [-0.05, 0) is 41.5 Å². The van der Waals surface area contributed by atoms with E-state index in [1.165, 1.54) is 28.6 Å². The van der Waals surface area contributed by atoms with Crippen LogP contribution in [0.25, 0.3) is 10.9 Å². The number of nitrogens with zero attached hydrogens (tertiary/aromatic N) is 1. The summed E-state index contributed by atoms with van der Waals surface area (Å²) in [5.41, 5.74) is 4.22. The molecular weight excluding hydrogens is 396 g/mol. The molecule has 0 aliphatic carbocycles. The highest BCUT2D eigenvalue weighted by Crippen LogP contribution is 2.30. The lowest BCUT2D eigenvalue weighted by Gasteiger charge is -2.19. The smallest absolute Gasteiger partial charge is 0.269 e. The number of non-ortho nitro benzene ring substituents is 1. The number of benzene rings is 3. The minimum Gasteiger partial charge on any atom is -0.361 e. The number of nitro benzene ring substituents is 1. The lowest BCUT2D eigenvalue weighted by Crippen LogP contribution is -2.32. The SMILES string of the molecule is O=[N+]([O-])c1ccc(NC(=S)NC[C@H](c2ccccc2)c2c[nH]c3ccccc23)cc1. The summed E-state index contributed by atoms with van der Waals surface area (Å²) in [6, 6.07) is 24.7. The monoisotopic (exact) mass is 416 g/mol. The van der Waals surface area contributed by atoms with E-state index in [1.54, 1.807) is 12.1 Å². The fraction of sp³-hybridized carbons (Fsp3) is 0.0870. The minimum atomic E-state index is -0.425. The molecule has 30 heavy (non-hydrogen) atoms. The zero-order valence-electron chi connectivity index (χ0n) is 16.0. The Morgan fingerprint density at radius 3 is 2.43 bits per heavy atom. The number of fused-ring (bicyclic) bond motifs is 1. The average molecular weight is 417 g/mol. The highest BCUT2D eigenvalue weighted by molar-refractivity contribution is 7.80. The number of anilines is 1. The molecule has 0 bridgehead atoms. The van der Waals surface area contributed by atoms with E-state index in [-0.39, 0.29) is 11.6 Å². The van der Waals surface area contributed by atoms with E-state index < -0.39 is 4.92 Å². The van der Waals surface area contributed by atoms with E-state index in [0.29, 0.717) is 17.3 Å². The average Bonchev–Trinajstić information content (AvgIpc) is 3.19. The molecule has 0 amide bonds. The molecule has 1 atom stereocenters. The van der Waals surface area contributed by atoms with Crippen LogP contribution >= 0.6 is 12.2 Å². The standard InChI is InChI=1S/C23H20N4O2S/c28-27(29)18-12-10-17(11-13-18)26-23(30)25-14-20(16-6-2-1-3-7-16)21-15-24-22-9-5-4-8-19(21)22/h1-13,15,20,24H,14H2,(H2,25,26,30)/t20-/m1/s1. The van der Waals surface area contributed by atoms with Gasteiger partial charge in [0.25, 0.3) is 5.69 Å². The Labute approximate surface area is 179 Å². The Morgan fingerprint density at radius 2 is 1.70 bits per heavy atom. The molecule has 7 heteroatoms. The van der Waals surface area contributed by atoms with Gasteiger partial charge >= 0.3 is 0 Å². The Kier molecular flexibility index (Phi) is 5.72. The van der Waals surface area contributed by atoms with Gasteiger partial charge in [-0.1, -0.05) is 48.5 Å². The number of nitro groups is 1. The third-order valence-corrected chi connectivity index (χ3v) is 5.25. The maximum absolute atomic E-state index is 10.8. The summed E-state index contributed by atoms with van der Waals surface area (Å²) in [7, 11) is 0. The van der Waals surface area contributed by atoms with Crippen LogP contribution in [0.2, 0.25) is 0 Å². The molecule has 0 radical (unpaired) electrons.